The molecule has 4 rings (SSSR count). The molecule has 2 heterocycles. The van der Waals surface area contributed by atoms with Gasteiger partial charge in [0.05, 0.1) is 17.0 Å². The molecule has 1 aromatic carbocycles. The number of aromatic nitrogens is 3. The minimum absolute atomic E-state index is 0.185. The van der Waals surface area contributed by atoms with Gasteiger partial charge in [-0.1, -0.05) is 30.3 Å². The fraction of sp³-hybridized carbons (Fsp3) is 0.158. The summed E-state index contributed by atoms with van der Waals surface area (Å²) in [6, 6.07) is 15.4. The number of anilines is 1. The number of nitrogens with one attached hydrogen (secondary N) is 1. The van der Waals surface area contributed by atoms with Crippen molar-refractivity contribution in [1.29, 1.82) is 0 Å². The number of hydrogen-bond donors (Lipinski definition) is 2. The van der Waals surface area contributed by atoms with Crippen molar-refractivity contribution in [3.8, 4) is 11.4 Å². The van der Waals surface area contributed by atoms with E-state index in [0.717, 1.165) is 6.42 Å². The van der Waals surface area contributed by atoms with Crippen LogP contribution in [-0.2, 0) is 0 Å². The standard InChI is InChI=1S/C19H16N4O2/c24-18(25)13-6-8-20-17(10-13)15-7-9-21-19(22-15)23-16-11-14(16)12-4-2-1-3-5-12/h1-10,14,16H,11H2,(H,24,25)(H,21,22,23)/t14-,16+/m0/s1. The van der Waals surface area contributed by atoms with E-state index in [1.165, 1.54) is 23.9 Å². The topological polar surface area (TPSA) is 88.0 Å². The summed E-state index contributed by atoms with van der Waals surface area (Å²) in [4.78, 5) is 24.1. The number of hydrogen-bond acceptors (Lipinski definition) is 5. The number of carbonyl (C=O) groups is 1. The van der Waals surface area contributed by atoms with Crippen LogP contribution in [0.5, 0.6) is 0 Å². The lowest BCUT2D eigenvalue weighted by Gasteiger charge is -2.06. The molecule has 0 aliphatic heterocycles. The second-order valence-electron chi connectivity index (χ2n) is 6.00. The van der Waals surface area contributed by atoms with Crippen LogP contribution in [-0.4, -0.2) is 32.1 Å². The number of carboxylic acids is 1. The van der Waals surface area contributed by atoms with Gasteiger partial charge >= 0.3 is 5.97 Å². The molecule has 3 aromatic rings. The highest BCUT2D eigenvalue weighted by Crippen LogP contribution is 2.42. The first-order valence-electron chi connectivity index (χ1n) is 8.05. The Hall–Kier alpha value is -3.28. The van der Waals surface area contributed by atoms with Crippen LogP contribution >= 0.6 is 0 Å². The lowest BCUT2D eigenvalue weighted by molar-refractivity contribution is 0.0697. The Balaban J connectivity index is 1.51. The van der Waals surface area contributed by atoms with E-state index < -0.39 is 5.97 Å². The SMILES string of the molecule is O=C(O)c1ccnc(-c2ccnc(N[C@@H]3C[C@H]3c3ccccc3)n2)c1. The summed E-state index contributed by atoms with van der Waals surface area (Å²) >= 11 is 0. The predicted octanol–water partition coefficient (Wildman–Crippen LogP) is 3.20. The average molecular weight is 332 g/mol. The molecule has 2 aromatic heterocycles. The van der Waals surface area contributed by atoms with Crippen molar-refractivity contribution in [2.75, 3.05) is 5.32 Å². The van der Waals surface area contributed by atoms with Crippen LogP contribution in [0.15, 0.2) is 60.9 Å². The molecule has 6 heteroatoms. The fourth-order valence-electron chi connectivity index (χ4n) is 2.86. The smallest absolute Gasteiger partial charge is 0.335 e. The van der Waals surface area contributed by atoms with Gasteiger partial charge in [-0.3, -0.25) is 4.98 Å². The van der Waals surface area contributed by atoms with Crippen LogP contribution in [0.1, 0.15) is 28.3 Å². The van der Waals surface area contributed by atoms with Crippen molar-refractivity contribution in [1.82, 2.24) is 15.0 Å². The molecule has 0 spiro atoms. The van der Waals surface area contributed by atoms with Gasteiger partial charge in [-0.05, 0) is 30.2 Å². The van der Waals surface area contributed by atoms with Gasteiger partial charge in [0.2, 0.25) is 5.95 Å². The van der Waals surface area contributed by atoms with Gasteiger partial charge in [0, 0.05) is 24.4 Å². The quantitative estimate of drug-likeness (QED) is 0.746. The minimum atomic E-state index is -0.986. The first kappa shape index (κ1) is 15.3. The highest BCUT2D eigenvalue weighted by molar-refractivity contribution is 5.88. The molecule has 0 saturated heterocycles. The molecule has 1 fully saturated rings. The maximum Gasteiger partial charge on any atom is 0.335 e. The fourth-order valence-corrected chi connectivity index (χ4v) is 2.86. The van der Waals surface area contributed by atoms with Gasteiger partial charge in [0.1, 0.15) is 0 Å². The van der Waals surface area contributed by atoms with Gasteiger partial charge in [0.25, 0.3) is 0 Å². The minimum Gasteiger partial charge on any atom is -0.478 e. The van der Waals surface area contributed by atoms with Gasteiger partial charge in [0.15, 0.2) is 0 Å². The van der Waals surface area contributed by atoms with Gasteiger partial charge < -0.3 is 10.4 Å². The summed E-state index contributed by atoms with van der Waals surface area (Å²) in [7, 11) is 0. The summed E-state index contributed by atoms with van der Waals surface area (Å²) < 4.78 is 0. The molecule has 25 heavy (non-hydrogen) atoms. The molecule has 1 aliphatic rings. The Morgan fingerprint density at radius 1 is 1.04 bits per heavy atom. The average Bonchev–Trinajstić information content (AvgIpc) is 3.42. The predicted molar refractivity (Wildman–Crippen MR) is 93.4 cm³/mol. The number of rotatable bonds is 5. The third kappa shape index (κ3) is 3.33. The van der Waals surface area contributed by atoms with Crippen molar-refractivity contribution in [2.45, 2.75) is 18.4 Å². The van der Waals surface area contributed by atoms with E-state index in [1.807, 2.05) is 18.2 Å². The lowest BCUT2D eigenvalue weighted by Crippen LogP contribution is -2.08. The maximum absolute atomic E-state index is 11.1. The van der Waals surface area contributed by atoms with Crippen molar-refractivity contribution in [2.24, 2.45) is 0 Å². The van der Waals surface area contributed by atoms with Crippen molar-refractivity contribution in [3.63, 3.8) is 0 Å². The maximum atomic E-state index is 11.1. The molecule has 1 saturated carbocycles. The lowest BCUT2D eigenvalue weighted by atomic mass is 10.1. The first-order chi connectivity index (χ1) is 12.2. The molecular formula is C19H16N4O2. The molecular weight excluding hydrogens is 316 g/mol. The summed E-state index contributed by atoms with van der Waals surface area (Å²) in [5.74, 6) is 0.0186. The van der Waals surface area contributed by atoms with E-state index in [-0.39, 0.29) is 5.56 Å². The Kier molecular flexibility index (Phi) is 3.85. The molecule has 0 unspecified atom stereocenters. The molecule has 124 valence electrons. The molecule has 2 N–H and O–H groups in total. The third-order valence-corrected chi connectivity index (χ3v) is 4.26. The van der Waals surface area contributed by atoms with Crippen LogP contribution in [0.2, 0.25) is 0 Å². The van der Waals surface area contributed by atoms with Crippen LogP contribution in [0.3, 0.4) is 0 Å². The summed E-state index contributed by atoms with van der Waals surface area (Å²) in [6.07, 6.45) is 4.17. The highest BCUT2D eigenvalue weighted by Gasteiger charge is 2.38. The van der Waals surface area contributed by atoms with Crippen molar-refractivity contribution >= 4 is 11.9 Å². The molecule has 0 bridgehead atoms. The second kappa shape index (κ2) is 6.32. The van der Waals surface area contributed by atoms with Crippen LogP contribution < -0.4 is 5.32 Å². The zero-order valence-corrected chi connectivity index (χ0v) is 13.3. The van der Waals surface area contributed by atoms with Gasteiger partial charge in [-0.2, -0.15) is 0 Å². The van der Waals surface area contributed by atoms with E-state index >= 15 is 0 Å². The summed E-state index contributed by atoms with van der Waals surface area (Å²) in [5, 5.41) is 12.4. The van der Waals surface area contributed by atoms with E-state index in [0.29, 0.717) is 29.3 Å². The molecule has 0 radical (unpaired) electrons. The van der Waals surface area contributed by atoms with Crippen LogP contribution in [0, 0.1) is 0 Å². The van der Waals surface area contributed by atoms with Crippen molar-refractivity contribution < 1.29 is 9.90 Å². The monoisotopic (exact) mass is 332 g/mol. The highest BCUT2D eigenvalue weighted by atomic mass is 16.4. The largest absolute Gasteiger partial charge is 0.478 e. The number of carboxylic acid groups (broad SMARTS) is 1. The zero-order valence-electron chi connectivity index (χ0n) is 13.3. The molecule has 6 nitrogen and oxygen atoms in total. The van der Waals surface area contributed by atoms with Crippen LogP contribution in [0.4, 0.5) is 5.95 Å². The summed E-state index contributed by atoms with van der Waals surface area (Å²) in [5.41, 5.74) is 2.61. The third-order valence-electron chi connectivity index (χ3n) is 4.26. The Morgan fingerprint density at radius 3 is 2.64 bits per heavy atom. The Bertz CT molecular complexity index is 914. The van der Waals surface area contributed by atoms with Crippen LogP contribution in [0.25, 0.3) is 11.4 Å². The van der Waals surface area contributed by atoms with E-state index in [2.05, 4.69) is 32.4 Å². The van der Waals surface area contributed by atoms with E-state index in [9.17, 15) is 4.79 Å². The Morgan fingerprint density at radius 2 is 1.84 bits per heavy atom. The summed E-state index contributed by atoms with van der Waals surface area (Å²) in [6.45, 7) is 0. The number of nitrogens with zero attached hydrogens (tertiary/aromatic N) is 3. The molecule has 0 amide bonds. The number of aromatic carboxylic acids is 1. The second-order valence-corrected chi connectivity index (χ2v) is 6.00. The van der Waals surface area contributed by atoms with Crippen molar-refractivity contribution in [3.05, 3.63) is 72.1 Å². The zero-order chi connectivity index (χ0) is 17.2. The normalized spacial score (nSPS) is 18.6. The van der Waals surface area contributed by atoms with E-state index in [4.69, 9.17) is 5.11 Å². The van der Waals surface area contributed by atoms with E-state index in [1.54, 1.807) is 12.3 Å². The molecule has 1 aliphatic carbocycles. The van der Waals surface area contributed by atoms with Gasteiger partial charge in [-0.15, -0.1) is 0 Å². The first-order valence-corrected chi connectivity index (χ1v) is 8.05. The van der Waals surface area contributed by atoms with Gasteiger partial charge in [-0.25, -0.2) is 14.8 Å². The number of benzene rings is 1. The number of pyridine rings is 1. The Labute approximate surface area is 144 Å². The molecule has 2 atom stereocenters.